The van der Waals surface area contributed by atoms with Gasteiger partial charge in [0.05, 0.1) is 30.7 Å². The second kappa shape index (κ2) is 5.26. The van der Waals surface area contributed by atoms with Gasteiger partial charge in [-0.25, -0.2) is 0 Å². The molecule has 4 atom stereocenters. The fourth-order valence-electron chi connectivity index (χ4n) is 5.79. The highest BCUT2D eigenvalue weighted by atomic mass is 16.5. The number of hydrogen-bond acceptors (Lipinski definition) is 5. The molecule has 1 saturated carbocycles. The van der Waals surface area contributed by atoms with Crippen LogP contribution in [-0.4, -0.2) is 54.5 Å². The van der Waals surface area contributed by atoms with E-state index in [9.17, 15) is 9.90 Å². The van der Waals surface area contributed by atoms with Crippen LogP contribution in [0.15, 0.2) is 40.9 Å². The molecule has 1 N–H and O–H groups in total. The first-order valence-corrected chi connectivity index (χ1v) is 9.01. The number of para-hydroxylation sites is 1. The average molecular weight is 338 g/mol. The molecule has 4 aliphatic rings. The minimum atomic E-state index is -0.345. The third-order valence-electron chi connectivity index (χ3n) is 6.71. The molecule has 3 heterocycles. The highest BCUT2D eigenvalue weighted by molar-refractivity contribution is 6.09. The van der Waals surface area contributed by atoms with Gasteiger partial charge in [-0.3, -0.25) is 14.7 Å². The Morgan fingerprint density at radius 2 is 2.32 bits per heavy atom. The Bertz CT molecular complexity index is 815. The van der Waals surface area contributed by atoms with Gasteiger partial charge in [-0.1, -0.05) is 29.8 Å². The normalized spacial score (nSPS) is 36.8. The van der Waals surface area contributed by atoms with E-state index >= 15 is 0 Å². The number of nitrogens with zero attached hydrogens (tertiary/aromatic N) is 2. The number of aliphatic imine (C=N–C) groups is 1. The molecule has 3 fully saturated rings. The monoisotopic (exact) mass is 338 g/mol. The molecular weight excluding hydrogens is 316 g/mol. The molecule has 0 amide bonds. The van der Waals surface area contributed by atoms with Crippen LogP contribution in [0.5, 0.6) is 0 Å². The lowest BCUT2D eigenvalue weighted by Gasteiger charge is -2.59. The number of aliphatic hydroxyl groups is 1. The lowest BCUT2D eigenvalue weighted by molar-refractivity contribution is -0.151. The predicted octanol–water partition coefficient (Wildman–Crippen LogP) is 1.83. The highest BCUT2D eigenvalue weighted by Gasteiger charge is 2.65. The zero-order valence-electron chi connectivity index (χ0n) is 14.3. The summed E-state index contributed by atoms with van der Waals surface area (Å²) in [5.74, 6) is -0.283. The van der Waals surface area contributed by atoms with E-state index in [-0.39, 0.29) is 29.8 Å². The molecule has 1 aromatic carbocycles. The van der Waals surface area contributed by atoms with Crippen molar-refractivity contribution in [2.45, 2.75) is 24.3 Å². The molecule has 0 aromatic heterocycles. The number of carbonyl (C=O) groups is 1. The van der Waals surface area contributed by atoms with Gasteiger partial charge in [0.2, 0.25) is 0 Å². The topological polar surface area (TPSA) is 62.1 Å². The first kappa shape index (κ1) is 15.3. The van der Waals surface area contributed by atoms with Crippen LogP contribution in [0, 0.1) is 11.8 Å². The van der Waals surface area contributed by atoms with E-state index in [4.69, 9.17) is 9.73 Å². The maximum absolute atomic E-state index is 13.0. The summed E-state index contributed by atoms with van der Waals surface area (Å²) < 4.78 is 5.28. The minimum Gasteiger partial charge on any atom is -0.469 e. The molecule has 2 saturated heterocycles. The lowest BCUT2D eigenvalue weighted by Crippen LogP contribution is -2.68. The molecule has 0 unspecified atom stereocenters. The van der Waals surface area contributed by atoms with E-state index in [1.807, 2.05) is 18.2 Å². The molecule has 5 heteroatoms. The Morgan fingerprint density at radius 1 is 1.48 bits per heavy atom. The van der Waals surface area contributed by atoms with Crippen molar-refractivity contribution in [1.29, 1.82) is 0 Å². The summed E-state index contributed by atoms with van der Waals surface area (Å²) >= 11 is 0. The number of aliphatic hydroxyl groups excluding tert-OH is 1. The Hall–Kier alpha value is -1.98. The second-order valence-corrected chi connectivity index (χ2v) is 7.53. The fraction of sp³-hybridized carbons (Fsp3) is 0.500. The maximum Gasteiger partial charge on any atom is 0.310 e. The van der Waals surface area contributed by atoms with Crippen molar-refractivity contribution >= 4 is 17.4 Å². The first-order chi connectivity index (χ1) is 12.2. The van der Waals surface area contributed by atoms with Gasteiger partial charge in [-0.15, -0.1) is 0 Å². The third-order valence-corrected chi connectivity index (χ3v) is 6.71. The Morgan fingerprint density at radius 3 is 3.12 bits per heavy atom. The Labute approximate surface area is 147 Å². The maximum atomic E-state index is 13.0. The summed E-state index contributed by atoms with van der Waals surface area (Å²) in [6.07, 6.45) is 3.69. The number of esters is 1. The van der Waals surface area contributed by atoms with Crippen molar-refractivity contribution in [3.05, 3.63) is 41.5 Å². The highest BCUT2D eigenvalue weighted by Crippen LogP contribution is 2.60. The van der Waals surface area contributed by atoms with E-state index in [1.165, 1.54) is 18.2 Å². The first-order valence-electron chi connectivity index (χ1n) is 9.01. The van der Waals surface area contributed by atoms with Gasteiger partial charge in [0.15, 0.2) is 0 Å². The number of carbonyl (C=O) groups excluding carboxylic acids is 1. The van der Waals surface area contributed by atoms with Crippen LogP contribution in [0.1, 0.15) is 18.4 Å². The van der Waals surface area contributed by atoms with Crippen LogP contribution in [0.3, 0.4) is 0 Å². The van der Waals surface area contributed by atoms with E-state index in [0.717, 1.165) is 37.3 Å². The Balaban J connectivity index is 1.76. The third kappa shape index (κ3) is 1.80. The van der Waals surface area contributed by atoms with Crippen LogP contribution >= 0.6 is 0 Å². The molecule has 1 aromatic rings. The number of fused-ring (bicyclic) bond motifs is 2. The van der Waals surface area contributed by atoms with Gasteiger partial charge in [0, 0.05) is 24.8 Å². The number of benzene rings is 1. The van der Waals surface area contributed by atoms with Crippen molar-refractivity contribution in [2.75, 3.05) is 26.8 Å². The molecule has 5 nitrogen and oxygen atoms in total. The summed E-state index contributed by atoms with van der Waals surface area (Å²) in [5, 5.41) is 9.48. The number of hydrogen-bond donors (Lipinski definition) is 1. The number of methoxy groups -OCH3 is 1. The largest absolute Gasteiger partial charge is 0.469 e. The predicted molar refractivity (Wildman–Crippen MR) is 94.0 cm³/mol. The Kier molecular flexibility index (Phi) is 3.21. The molecule has 1 aliphatic carbocycles. The molecule has 0 radical (unpaired) electrons. The lowest BCUT2D eigenvalue weighted by atomic mass is 9.51. The zero-order valence-corrected chi connectivity index (χ0v) is 14.3. The van der Waals surface area contributed by atoms with Crippen LogP contribution in [-0.2, 0) is 14.9 Å². The number of rotatable bonds is 2. The van der Waals surface area contributed by atoms with Gasteiger partial charge in [0.25, 0.3) is 0 Å². The van der Waals surface area contributed by atoms with Gasteiger partial charge in [0.1, 0.15) is 0 Å². The average Bonchev–Trinajstić information content (AvgIpc) is 2.98. The van der Waals surface area contributed by atoms with Crippen LogP contribution in [0.2, 0.25) is 0 Å². The van der Waals surface area contributed by atoms with E-state index in [1.54, 1.807) is 0 Å². The van der Waals surface area contributed by atoms with Crippen molar-refractivity contribution in [3.63, 3.8) is 0 Å². The molecule has 3 bridgehead atoms. The molecule has 130 valence electrons. The van der Waals surface area contributed by atoms with Crippen molar-refractivity contribution in [1.82, 2.24) is 4.90 Å². The van der Waals surface area contributed by atoms with Crippen molar-refractivity contribution in [2.24, 2.45) is 16.8 Å². The van der Waals surface area contributed by atoms with Crippen molar-refractivity contribution in [3.8, 4) is 0 Å². The van der Waals surface area contributed by atoms with E-state index < -0.39 is 0 Å². The molecular formula is C20H22N2O3. The summed E-state index contributed by atoms with van der Waals surface area (Å²) in [4.78, 5) is 20.4. The zero-order chi connectivity index (χ0) is 17.2. The summed E-state index contributed by atoms with van der Waals surface area (Å²) in [7, 11) is 1.48. The van der Waals surface area contributed by atoms with Gasteiger partial charge in [-0.05, 0) is 30.4 Å². The molecule has 5 rings (SSSR count). The van der Waals surface area contributed by atoms with E-state index in [0.29, 0.717) is 6.04 Å². The number of ether oxygens (including phenoxy) is 1. The van der Waals surface area contributed by atoms with Gasteiger partial charge < -0.3 is 9.84 Å². The molecule has 0 spiro atoms. The summed E-state index contributed by atoms with van der Waals surface area (Å²) in [6, 6.07) is 8.54. The standard InChI is InChI=1S/C20H22N2O3/c1-25-19(24)17-13-10-16-18-20(17,14-4-2-3-5-15(14)21-18)7-8-22(16)11-12(13)6-9-23/h2-6,13,16-17,23H,7-11H2,1H3/b12-6-/t13-,16-,17+,20-/m0/s1. The second-order valence-electron chi connectivity index (χ2n) is 7.53. The minimum absolute atomic E-state index is 0.0166. The van der Waals surface area contributed by atoms with Crippen LogP contribution < -0.4 is 0 Å². The van der Waals surface area contributed by atoms with Gasteiger partial charge in [-0.2, -0.15) is 0 Å². The summed E-state index contributed by atoms with van der Waals surface area (Å²) in [6.45, 7) is 1.78. The quantitative estimate of drug-likeness (QED) is 0.660. The van der Waals surface area contributed by atoms with Crippen molar-refractivity contribution < 1.29 is 14.6 Å². The van der Waals surface area contributed by atoms with Crippen LogP contribution in [0.25, 0.3) is 0 Å². The molecule has 25 heavy (non-hydrogen) atoms. The smallest absolute Gasteiger partial charge is 0.310 e. The summed E-state index contributed by atoms with van der Waals surface area (Å²) in [5.41, 5.74) is 4.18. The molecule has 3 aliphatic heterocycles. The number of piperidine rings is 2. The van der Waals surface area contributed by atoms with E-state index in [2.05, 4.69) is 17.0 Å². The van der Waals surface area contributed by atoms with Gasteiger partial charge >= 0.3 is 5.97 Å². The fourth-order valence-corrected chi connectivity index (χ4v) is 5.79. The van der Waals surface area contributed by atoms with Crippen LogP contribution in [0.4, 0.5) is 5.69 Å². The SMILES string of the molecule is COC(=O)[C@H]1[C@H]2C[C@H]3C4=Nc5ccccc5[C@]41CCN3C/C2=C/CO.